The minimum Gasteiger partial charge on any atom is -0.346 e. The number of nitrogens with two attached hydrogens (primary N) is 1. The summed E-state index contributed by atoms with van der Waals surface area (Å²) in [6, 6.07) is 0.563. The minimum atomic E-state index is 0.563. The quantitative estimate of drug-likeness (QED) is 0.815. The Kier molecular flexibility index (Phi) is 2.98. The molecule has 0 spiro atoms. The molecule has 2 N–H and O–H groups in total. The van der Waals surface area contributed by atoms with Gasteiger partial charge in [0.2, 0.25) is 5.13 Å². The van der Waals surface area contributed by atoms with E-state index in [9.17, 15) is 0 Å². The molecule has 1 fully saturated rings. The van der Waals surface area contributed by atoms with Crippen molar-refractivity contribution in [2.24, 2.45) is 11.7 Å². The highest BCUT2D eigenvalue weighted by molar-refractivity contribution is 7.13. The van der Waals surface area contributed by atoms with E-state index in [0.29, 0.717) is 12.0 Å². The summed E-state index contributed by atoms with van der Waals surface area (Å²) in [5.74, 6) is 0.629. The van der Waals surface area contributed by atoms with Crippen LogP contribution in [0, 0.1) is 5.92 Å². The van der Waals surface area contributed by atoms with E-state index in [1.807, 2.05) is 0 Å². The van der Waals surface area contributed by atoms with Gasteiger partial charge in [0, 0.05) is 13.1 Å². The van der Waals surface area contributed by atoms with E-state index in [2.05, 4.69) is 22.1 Å². The van der Waals surface area contributed by atoms with Crippen LogP contribution in [0.4, 0.5) is 5.13 Å². The summed E-state index contributed by atoms with van der Waals surface area (Å²) < 4.78 is 0. The molecule has 1 aliphatic carbocycles. The molecule has 0 bridgehead atoms. The van der Waals surface area contributed by atoms with Crippen LogP contribution in [0.15, 0.2) is 5.51 Å². The largest absolute Gasteiger partial charge is 0.346 e. The van der Waals surface area contributed by atoms with Crippen LogP contribution in [0.25, 0.3) is 0 Å². The predicted molar refractivity (Wildman–Crippen MR) is 58.5 cm³/mol. The fourth-order valence-electron chi connectivity index (χ4n) is 2.26. The van der Waals surface area contributed by atoms with Crippen molar-refractivity contribution in [1.29, 1.82) is 0 Å². The molecule has 5 heteroatoms. The fraction of sp³-hybridized carbons (Fsp3) is 0.778. The summed E-state index contributed by atoms with van der Waals surface area (Å²) in [6.45, 7) is 0.786. The van der Waals surface area contributed by atoms with Crippen LogP contribution >= 0.6 is 11.3 Å². The Morgan fingerprint density at radius 2 is 2.50 bits per heavy atom. The zero-order valence-corrected chi connectivity index (χ0v) is 9.20. The summed E-state index contributed by atoms with van der Waals surface area (Å²) in [5, 5.41) is 8.95. The number of hydrogen-bond donors (Lipinski definition) is 1. The van der Waals surface area contributed by atoms with E-state index in [1.165, 1.54) is 19.3 Å². The van der Waals surface area contributed by atoms with Gasteiger partial charge in [-0.05, 0) is 25.3 Å². The van der Waals surface area contributed by atoms with Crippen molar-refractivity contribution in [2.75, 3.05) is 18.5 Å². The topological polar surface area (TPSA) is 55.0 Å². The van der Waals surface area contributed by atoms with Crippen LogP contribution in [0.3, 0.4) is 0 Å². The Labute approximate surface area is 88.1 Å². The average Bonchev–Trinajstić information content (AvgIpc) is 2.87. The van der Waals surface area contributed by atoms with E-state index >= 15 is 0 Å². The lowest BCUT2D eigenvalue weighted by molar-refractivity contribution is 0.473. The van der Waals surface area contributed by atoms with Crippen molar-refractivity contribution in [3.05, 3.63) is 5.51 Å². The zero-order valence-electron chi connectivity index (χ0n) is 8.39. The standard InChI is InChI=1S/C9H16N4S/c1-13(9-12-11-6-14-9)8-4-2-3-7(8)5-10/h6-8H,2-5,10H2,1H3. The monoisotopic (exact) mass is 212 g/mol. The highest BCUT2D eigenvalue weighted by atomic mass is 32.1. The summed E-state index contributed by atoms with van der Waals surface area (Å²) in [5.41, 5.74) is 7.53. The van der Waals surface area contributed by atoms with Gasteiger partial charge < -0.3 is 10.6 Å². The summed E-state index contributed by atoms with van der Waals surface area (Å²) in [6.07, 6.45) is 3.78. The van der Waals surface area contributed by atoms with Gasteiger partial charge in [-0.1, -0.05) is 17.8 Å². The molecule has 2 unspecified atom stereocenters. The Hall–Kier alpha value is -0.680. The average molecular weight is 212 g/mol. The molecule has 0 saturated heterocycles. The van der Waals surface area contributed by atoms with E-state index in [1.54, 1.807) is 16.8 Å². The van der Waals surface area contributed by atoms with Gasteiger partial charge in [-0.2, -0.15) is 0 Å². The van der Waals surface area contributed by atoms with Crippen molar-refractivity contribution >= 4 is 16.5 Å². The summed E-state index contributed by atoms with van der Waals surface area (Å²) in [7, 11) is 2.10. The molecule has 0 amide bonds. The van der Waals surface area contributed by atoms with Gasteiger partial charge >= 0.3 is 0 Å². The number of nitrogens with zero attached hydrogens (tertiary/aromatic N) is 3. The molecular formula is C9H16N4S. The van der Waals surface area contributed by atoms with Gasteiger partial charge in [-0.3, -0.25) is 0 Å². The maximum Gasteiger partial charge on any atom is 0.208 e. The molecule has 0 aromatic carbocycles. The fourth-order valence-corrected chi connectivity index (χ4v) is 2.85. The van der Waals surface area contributed by atoms with E-state index in [-0.39, 0.29) is 0 Å². The molecular weight excluding hydrogens is 196 g/mol. The van der Waals surface area contributed by atoms with Crippen molar-refractivity contribution in [1.82, 2.24) is 10.2 Å². The van der Waals surface area contributed by atoms with Crippen molar-refractivity contribution in [3.8, 4) is 0 Å². The SMILES string of the molecule is CN(c1nncs1)C1CCCC1CN. The van der Waals surface area contributed by atoms with E-state index in [0.717, 1.165) is 11.7 Å². The first-order valence-electron chi connectivity index (χ1n) is 5.02. The van der Waals surface area contributed by atoms with Crippen LogP contribution in [-0.4, -0.2) is 29.8 Å². The van der Waals surface area contributed by atoms with Crippen molar-refractivity contribution < 1.29 is 0 Å². The highest BCUT2D eigenvalue weighted by Crippen LogP contribution is 2.31. The molecule has 4 nitrogen and oxygen atoms in total. The maximum atomic E-state index is 5.76. The van der Waals surface area contributed by atoms with Crippen molar-refractivity contribution in [2.45, 2.75) is 25.3 Å². The van der Waals surface area contributed by atoms with Crippen LogP contribution in [0.1, 0.15) is 19.3 Å². The molecule has 1 aliphatic rings. The lowest BCUT2D eigenvalue weighted by Crippen LogP contribution is -2.37. The minimum absolute atomic E-state index is 0.563. The second kappa shape index (κ2) is 4.23. The van der Waals surface area contributed by atoms with Crippen LogP contribution in [0.2, 0.25) is 0 Å². The third-order valence-corrected chi connectivity index (χ3v) is 3.85. The van der Waals surface area contributed by atoms with E-state index < -0.39 is 0 Å². The van der Waals surface area contributed by atoms with Crippen LogP contribution in [0.5, 0.6) is 0 Å². The molecule has 2 rings (SSSR count). The van der Waals surface area contributed by atoms with Gasteiger partial charge in [-0.25, -0.2) is 0 Å². The number of rotatable bonds is 3. The zero-order chi connectivity index (χ0) is 9.97. The number of aromatic nitrogens is 2. The molecule has 1 aromatic rings. The van der Waals surface area contributed by atoms with E-state index in [4.69, 9.17) is 5.73 Å². The van der Waals surface area contributed by atoms with Gasteiger partial charge in [0.05, 0.1) is 0 Å². The van der Waals surface area contributed by atoms with Crippen LogP contribution in [-0.2, 0) is 0 Å². The van der Waals surface area contributed by atoms with Gasteiger partial charge in [-0.15, -0.1) is 10.2 Å². The Morgan fingerprint density at radius 3 is 3.14 bits per heavy atom. The molecule has 78 valence electrons. The number of anilines is 1. The molecule has 0 radical (unpaired) electrons. The highest BCUT2D eigenvalue weighted by Gasteiger charge is 2.30. The molecule has 0 aliphatic heterocycles. The van der Waals surface area contributed by atoms with Crippen molar-refractivity contribution in [3.63, 3.8) is 0 Å². The Balaban J connectivity index is 2.07. The normalized spacial score (nSPS) is 26.7. The molecule has 1 saturated carbocycles. The Bertz CT molecular complexity index is 274. The lowest BCUT2D eigenvalue weighted by atomic mass is 10.0. The first kappa shape index (κ1) is 9.86. The van der Waals surface area contributed by atoms with Gasteiger partial charge in [0.25, 0.3) is 0 Å². The maximum absolute atomic E-state index is 5.76. The third kappa shape index (κ3) is 1.74. The van der Waals surface area contributed by atoms with Gasteiger partial charge in [0.1, 0.15) is 5.51 Å². The third-order valence-electron chi connectivity index (χ3n) is 3.07. The molecule has 1 aromatic heterocycles. The Morgan fingerprint density at radius 1 is 1.64 bits per heavy atom. The lowest BCUT2D eigenvalue weighted by Gasteiger charge is -2.28. The first-order valence-corrected chi connectivity index (χ1v) is 5.90. The molecule has 2 atom stereocenters. The summed E-state index contributed by atoms with van der Waals surface area (Å²) >= 11 is 1.59. The van der Waals surface area contributed by atoms with Crippen LogP contribution < -0.4 is 10.6 Å². The predicted octanol–water partition coefficient (Wildman–Crippen LogP) is 1.10. The molecule has 14 heavy (non-hydrogen) atoms. The summed E-state index contributed by atoms with van der Waals surface area (Å²) in [4.78, 5) is 2.24. The first-order chi connectivity index (χ1) is 6.83. The number of hydrogen-bond acceptors (Lipinski definition) is 5. The smallest absolute Gasteiger partial charge is 0.208 e. The van der Waals surface area contributed by atoms with Gasteiger partial charge in [0.15, 0.2) is 0 Å². The molecule has 1 heterocycles. The second-order valence-electron chi connectivity index (χ2n) is 3.83. The second-order valence-corrected chi connectivity index (χ2v) is 4.64.